The van der Waals surface area contributed by atoms with Gasteiger partial charge in [0.05, 0.1) is 0 Å². The van der Waals surface area contributed by atoms with Crippen LogP contribution in [0.4, 0.5) is 0 Å². The zero-order valence-corrected chi connectivity index (χ0v) is 14.1. The number of aromatic nitrogens is 3. The van der Waals surface area contributed by atoms with Gasteiger partial charge in [0, 0.05) is 12.3 Å². The summed E-state index contributed by atoms with van der Waals surface area (Å²) < 4.78 is 1.84. The molecular weight excluding hydrogens is 282 g/mol. The summed E-state index contributed by atoms with van der Waals surface area (Å²) in [6.45, 7) is 8.73. The van der Waals surface area contributed by atoms with Crippen LogP contribution in [0.5, 0.6) is 0 Å². The third kappa shape index (κ3) is 3.66. The van der Waals surface area contributed by atoms with Crippen molar-refractivity contribution < 1.29 is 5.11 Å². The molecule has 0 saturated carbocycles. The Hall–Kier alpha value is -1.33. The number of hydrogen-bond acceptors (Lipinski definition) is 4. The maximum absolute atomic E-state index is 9.16. The lowest BCUT2D eigenvalue weighted by Gasteiger charge is -2.20. The molecule has 0 saturated heterocycles. The van der Waals surface area contributed by atoms with Gasteiger partial charge in [-0.05, 0) is 23.5 Å². The van der Waals surface area contributed by atoms with Crippen molar-refractivity contribution in [3.05, 3.63) is 41.2 Å². The van der Waals surface area contributed by atoms with Crippen LogP contribution in [-0.2, 0) is 19.1 Å². The Morgan fingerprint density at radius 3 is 2.29 bits per heavy atom. The minimum absolute atomic E-state index is 0.0846. The van der Waals surface area contributed by atoms with Gasteiger partial charge in [-0.2, -0.15) is 0 Å². The van der Waals surface area contributed by atoms with Gasteiger partial charge in [0.15, 0.2) is 11.0 Å². The van der Waals surface area contributed by atoms with Crippen LogP contribution in [-0.4, -0.2) is 19.9 Å². The van der Waals surface area contributed by atoms with Crippen molar-refractivity contribution in [1.82, 2.24) is 14.8 Å². The Bertz CT molecular complexity index is 599. The molecule has 1 aromatic heterocycles. The van der Waals surface area contributed by atoms with Crippen molar-refractivity contribution in [2.45, 2.75) is 50.1 Å². The fourth-order valence-corrected chi connectivity index (χ4v) is 3.03. The number of aliphatic hydroxyl groups excluding tert-OH is 1. The number of hydrogen-bond donors (Lipinski definition) is 1. The maximum atomic E-state index is 9.16. The van der Waals surface area contributed by atoms with Crippen LogP contribution in [0, 0.1) is 0 Å². The van der Waals surface area contributed by atoms with E-state index in [0.29, 0.717) is 5.82 Å². The summed E-state index contributed by atoms with van der Waals surface area (Å²) in [5, 5.41) is 18.4. The van der Waals surface area contributed by atoms with E-state index in [1.54, 1.807) is 11.8 Å². The van der Waals surface area contributed by atoms with Crippen LogP contribution in [0.3, 0.4) is 0 Å². The molecule has 0 fully saturated rings. The highest BCUT2D eigenvalue weighted by atomic mass is 32.2. The third-order valence-electron chi connectivity index (χ3n) is 3.59. The monoisotopic (exact) mass is 305 g/mol. The first-order chi connectivity index (χ1) is 9.82. The quantitative estimate of drug-likeness (QED) is 0.879. The molecule has 1 unspecified atom stereocenters. The Morgan fingerprint density at radius 2 is 1.81 bits per heavy atom. The van der Waals surface area contributed by atoms with Crippen molar-refractivity contribution in [3.63, 3.8) is 0 Å². The molecule has 21 heavy (non-hydrogen) atoms. The second-order valence-electron chi connectivity index (χ2n) is 6.25. The second kappa shape index (κ2) is 6.20. The number of benzene rings is 1. The van der Waals surface area contributed by atoms with Gasteiger partial charge in [-0.3, -0.25) is 0 Å². The summed E-state index contributed by atoms with van der Waals surface area (Å²) in [6, 6.07) is 8.76. The molecule has 0 aliphatic carbocycles. The maximum Gasteiger partial charge on any atom is 0.191 e. The Kier molecular flexibility index (Phi) is 4.74. The zero-order valence-electron chi connectivity index (χ0n) is 13.3. The Balaban J connectivity index is 2.13. The van der Waals surface area contributed by atoms with E-state index in [1.807, 2.05) is 11.6 Å². The van der Waals surface area contributed by atoms with Gasteiger partial charge in [0.2, 0.25) is 0 Å². The first kappa shape index (κ1) is 16.0. The van der Waals surface area contributed by atoms with Crippen LogP contribution in [0.1, 0.15) is 49.9 Å². The van der Waals surface area contributed by atoms with Crippen molar-refractivity contribution in [3.8, 4) is 0 Å². The van der Waals surface area contributed by atoms with Crippen LogP contribution < -0.4 is 0 Å². The fraction of sp³-hybridized carbons (Fsp3) is 0.500. The SMILES string of the molecule is CC(Sc1nnc(CO)n1C)c1ccc(C(C)(C)C)cc1. The molecule has 0 radical (unpaired) electrons. The lowest BCUT2D eigenvalue weighted by Crippen LogP contribution is -2.10. The van der Waals surface area contributed by atoms with E-state index >= 15 is 0 Å². The van der Waals surface area contributed by atoms with Crippen LogP contribution in [0.25, 0.3) is 0 Å². The molecule has 1 aromatic carbocycles. The molecule has 0 aliphatic rings. The lowest BCUT2D eigenvalue weighted by atomic mass is 9.86. The number of thioether (sulfide) groups is 1. The summed E-state index contributed by atoms with van der Waals surface area (Å²) in [6.07, 6.45) is 0. The van der Waals surface area contributed by atoms with Gasteiger partial charge >= 0.3 is 0 Å². The van der Waals surface area contributed by atoms with Gasteiger partial charge in [-0.1, -0.05) is 56.8 Å². The summed E-state index contributed by atoms with van der Waals surface area (Å²) >= 11 is 1.65. The molecule has 1 heterocycles. The van der Waals surface area contributed by atoms with Gasteiger partial charge in [0.25, 0.3) is 0 Å². The van der Waals surface area contributed by atoms with E-state index < -0.39 is 0 Å². The fourth-order valence-electron chi connectivity index (χ4n) is 2.07. The molecule has 0 spiro atoms. The Morgan fingerprint density at radius 1 is 1.19 bits per heavy atom. The van der Waals surface area contributed by atoms with E-state index in [0.717, 1.165) is 5.16 Å². The van der Waals surface area contributed by atoms with E-state index in [9.17, 15) is 0 Å². The van der Waals surface area contributed by atoms with E-state index in [1.165, 1.54) is 11.1 Å². The predicted octanol–water partition coefficient (Wildman–Crippen LogP) is 3.46. The first-order valence-corrected chi connectivity index (χ1v) is 7.97. The normalized spacial score (nSPS) is 13.4. The molecule has 5 heteroatoms. The number of aliphatic hydroxyl groups is 1. The highest BCUT2D eigenvalue weighted by molar-refractivity contribution is 7.99. The number of nitrogens with zero attached hydrogens (tertiary/aromatic N) is 3. The third-order valence-corrected chi connectivity index (χ3v) is 4.79. The standard InChI is InChI=1S/C16H23N3OS/c1-11(21-15-18-17-14(10-20)19(15)5)12-6-8-13(9-7-12)16(2,3)4/h6-9,11,20H,10H2,1-5H3. The molecule has 1 N–H and O–H groups in total. The van der Waals surface area contributed by atoms with E-state index in [2.05, 4.69) is 62.2 Å². The second-order valence-corrected chi connectivity index (χ2v) is 7.56. The van der Waals surface area contributed by atoms with E-state index in [-0.39, 0.29) is 17.3 Å². The van der Waals surface area contributed by atoms with Gasteiger partial charge in [0.1, 0.15) is 6.61 Å². The largest absolute Gasteiger partial charge is 0.388 e. The minimum Gasteiger partial charge on any atom is -0.388 e. The van der Waals surface area contributed by atoms with Crippen molar-refractivity contribution in [2.75, 3.05) is 0 Å². The minimum atomic E-state index is -0.0846. The molecule has 2 rings (SSSR count). The summed E-state index contributed by atoms with van der Waals surface area (Å²) in [5.41, 5.74) is 2.78. The van der Waals surface area contributed by atoms with Crippen molar-refractivity contribution in [1.29, 1.82) is 0 Å². The highest BCUT2D eigenvalue weighted by Crippen LogP contribution is 2.34. The predicted molar refractivity (Wildman–Crippen MR) is 86.3 cm³/mol. The molecule has 2 aromatic rings. The zero-order chi connectivity index (χ0) is 15.6. The molecule has 114 valence electrons. The smallest absolute Gasteiger partial charge is 0.191 e. The lowest BCUT2D eigenvalue weighted by molar-refractivity contribution is 0.266. The van der Waals surface area contributed by atoms with E-state index in [4.69, 9.17) is 5.11 Å². The molecular formula is C16H23N3OS. The average molecular weight is 305 g/mol. The topological polar surface area (TPSA) is 50.9 Å². The van der Waals surface area contributed by atoms with Crippen LogP contribution in [0.2, 0.25) is 0 Å². The number of rotatable bonds is 4. The molecule has 0 aliphatic heterocycles. The Labute approximate surface area is 130 Å². The van der Waals surface area contributed by atoms with Gasteiger partial charge in [-0.15, -0.1) is 10.2 Å². The first-order valence-electron chi connectivity index (χ1n) is 7.09. The van der Waals surface area contributed by atoms with Gasteiger partial charge in [-0.25, -0.2) is 0 Å². The summed E-state index contributed by atoms with van der Waals surface area (Å²) in [5.74, 6) is 0.591. The van der Waals surface area contributed by atoms with Crippen LogP contribution >= 0.6 is 11.8 Å². The van der Waals surface area contributed by atoms with Crippen molar-refractivity contribution >= 4 is 11.8 Å². The highest BCUT2D eigenvalue weighted by Gasteiger charge is 2.16. The summed E-state index contributed by atoms with van der Waals surface area (Å²) in [7, 11) is 1.88. The molecule has 0 bridgehead atoms. The van der Waals surface area contributed by atoms with Crippen LogP contribution in [0.15, 0.2) is 29.4 Å². The van der Waals surface area contributed by atoms with Gasteiger partial charge < -0.3 is 9.67 Å². The summed E-state index contributed by atoms with van der Waals surface area (Å²) in [4.78, 5) is 0. The average Bonchev–Trinajstić information content (AvgIpc) is 2.79. The molecule has 0 amide bonds. The molecule has 1 atom stereocenters. The molecule has 4 nitrogen and oxygen atoms in total. The van der Waals surface area contributed by atoms with Crippen molar-refractivity contribution in [2.24, 2.45) is 7.05 Å².